The van der Waals surface area contributed by atoms with Crippen LogP contribution in [-0.2, 0) is 0 Å². The molecule has 1 N–H and O–H groups in total. The van der Waals surface area contributed by atoms with Gasteiger partial charge in [0.25, 0.3) is 0 Å². The average molecular weight is 81.9 g/mol. The number of hydrogen-bond acceptors (Lipinski definition) is 1. The van der Waals surface area contributed by atoms with Crippen LogP contribution in [0, 0.1) is 0 Å². The van der Waals surface area contributed by atoms with Gasteiger partial charge in [0.2, 0.25) is 0 Å². The molecule has 0 saturated heterocycles. The van der Waals surface area contributed by atoms with Gasteiger partial charge in [-0.3, -0.25) is 0 Å². The van der Waals surface area contributed by atoms with Crippen molar-refractivity contribution < 1.29 is 5.11 Å². The summed E-state index contributed by atoms with van der Waals surface area (Å²) >= 11 is 0. The second-order valence-electron chi connectivity index (χ2n) is 0.962. The van der Waals surface area contributed by atoms with Crippen LogP contribution < -0.4 is 0 Å². The maximum absolute atomic E-state index is 7.96. The molecular weight excluding hydrogens is 74.9 g/mol. The zero-order chi connectivity index (χ0) is 4.83. The van der Waals surface area contributed by atoms with E-state index in [4.69, 9.17) is 13.0 Å². The Morgan fingerprint density at radius 2 is 2.33 bits per heavy atom. The summed E-state index contributed by atoms with van der Waals surface area (Å²) in [6.07, 6.45) is 3.99. The first-order valence-electron chi connectivity index (χ1n) is 1.91. The van der Waals surface area contributed by atoms with E-state index in [1.807, 2.05) is 0 Å². The monoisotopic (exact) mass is 82.1 g/mol. The van der Waals surface area contributed by atoms with E-state index in [9.17, 15) is 0 Å². The molecule has 0 aromatic carbocycles. The average Bonchev–Trinajstić information content (AvgIpc) is 1.61. The summed E-state index contributed by atoms with van der Waals surface area (Å²) in [4.78, 5) is 0. The quantitative estimate of drug-likeness (QED) is 0.389. The molecule has 0 aliphatic heterocycles. The van der Waals surface area contributed by atoms with Gasteiger partial charge in [-0.25, -0.2) is 0 Å². The SMILES string of the molecule is [B]CCC=CO. The molecule has 0 amide bonds. The molecule has 0 saturated carbocycles. The van der Waals surface area contributed by atoms with Gasteiger partial charge in [0.15, 0.2) is 0 Å². The van der Waals surface area contributed by atoms with Gasteiger partial charge in [0.05, 0.1) is 14.1 Å². The molecule has 0 heterocycles. The Morgan fingerprint density at radius 1 is 1.67 bits per heavy atom. The summed E-state index contributed by atoms with van der Waals surface area (Å²) < 4.78 is 0. The third-order valence-corrected chi connectivity index (χ3v) is 0.439. The standard InChI is InChI=1S/C4H7BO/c5-3-1-2-4-6/h2,4,6H,1,3H2. The van der Waals surface area contributed by atoms with Gasteiger partial charge in [-0.05, 0) is 6.42 Å². The first-order valence-corrected chi connectivity index (χ1v) is 1.91. The largest absolute Gasteiger partial charge is 0.516 e. The van der Waals surface area contributed by atoms with E-state index in [2.05, 4.69) is 0 Å². The minimum atomic E-state index is 0.608. The van der Waals surface area contributed by atoms with Crippen molar-refractivity contribution in [2.45, 2.75) is 12.7 Å². The molecule has 6 heavy (non-hydrogen) atoms. The second-order valence-corrected chi connectivity index (χ2v) is 0.962. The van der Waals surface area contributed by atoms with Gasteiger partial charge in [-0.2, -0.15) is 0 Å². The third-order valence-electron chi connectivity index (χ3n) is 0.439. The first-order chi connectivity index (χ1) is 2.91. The number of allylic oxidation sites excluding steroid dienone is 1. The van der Waals surface area contributed by atoms with Crippen molar-refractivity contribution in [3.63, 3.8) is 0 Å². The Labute approximate surface area is 39.1 Å². The van der Waals surface area contributed by atoms with Gasteiger partial charge >= 0.3 is 0 Å². The van der Waals surface area contributed by atoms with Crippen molar-refractivity contribution in [2.75, 3.05) is 0 Å². The van der Waals surface area contributed by atoms with Crippen LogP contribution in [0.3, 0.4) is 0 Å². The van der Waals surface area contributed by atoms with E-state index >= 15 is 0 Å². The van der Waals surface area contributed by atoms with Crippen LogP contribution in [0.2, 0.25) is 6.32 Å². The van der Waals surface area contributed by atoms with Crippen LogP contribution in [0.25, 0.3) is 0 Å². The summed E-state index contributed by atoms with van der Waals surface area (Å²) in [5.74, 6) is 0. The Bertz CT molecular complexity index is 42.8. The lowest BCUT2D eigenvalue weighted by atomic mass is 10.0. The van der Waals surface area contributed by atoms with E-state index in [0.29, 0.717) is 6.32 Å². The minimum Gasteiger partial charge on any atom is -0.516 e. The highest BCUT2D eigenvalue weighted by atomic mass is 16.2. The van der Waals surface area contributed by atoms with Crippen LogP contribution in [0.1, 0.15) is 6.42 Å². The summed E-state index contributed by atoms with van der Waals surface area (Å²) in [5, 5.41) is 7.96. The molecule has 0 unspecified atom stereocenters. The van der Waals surface area contributed by atoms with Crippen LogP contribution >= 0.6 is 0 Å². The van der Waals surface area contributed by atoms with Crippen molar-refractivity contribution in [1.29, 1.82) is 0 Å². The minimum absolute atomic E-state index is 0.608. The third kappa shape index (κ3) is 3.60. The van der Waals surface area contributed by atoms with E-state index < -0.39 is 0 Å². The fourth-order valence-electron chi connectivity index (χ4n) is 0.171. The second kappa shape index (κ2) is 4.60. The highest BCUT2D eigenvalue weighted by Gasteiger charge is 1.66. The smallest absolute Gasteiger partial charge is 0.0751 e. The Kier molecular flexibility index (Phi) is 4.30. The molecule has 2 radical (unpaired) electrons. The summed E-state index contributed by atoms with van der Waals surface area (Å²) in [5.41, 5.74) is 0. The summed E-state index contributed by atoms with van der Waals surface area (Å²) in [6, 6.07) is 0. The van der Waals surface area contributed by atoms with Gasteiger partial charge in [0, 0.05) is 0 Å². The van der Waals surface area contributed by atoms with Gasteiger partial charge < -0.3 is 5.11 Å². The van der Waals surface area contributed by atoms with Gasteiger partial charge in [0.1, 0.15) is 0 Å². The molecule has 0 aromatic rings. The molecule has 0 rings (SSSR count). The maximum atomic E-state index is 7.96. The molecule has 1 nitrogen and oxygen atoms in total. The van der Waals surface area contributed by atoms with E-state index in [-0.39, 0.29) is 0 Å². The number of aliphatic hydroxyl groups excluding tert-OH is 1. The van der Waals surface area contributed by atoms with E-state index in [1.54, 1.807) is 6.08 Å². The topological polar surface area (TPSA) is 20.2 Å². The molecule has 2 heteroatoms. The van der Waals surface area contributed by atoms with Crippen molar-refractivity contribution in [1.82, 2.24) is 0 Å². The molecular formula is C4H7BO. The molecule has 0 fully saturated rings. The fraction of sp³-hybridized carbons (Fsp3) is 0.500. The molecule has 0 atom stereocenters. The van der Waals surface area contributed by atoms with Crippen LogP contribution in [0.5, 0.6) is 0 Å². The fourth-order valence-corrected chi connectivity index (χ4v) is 0.171. The lowest BCUT2D eigenvalue weighted by Crippen LogP contribution is -1.62. The van der Waals surface area contributed by atoms with Crippen LogP contribution in [-0.4, -0.2) is 13.0 Å². The Morgan fingerprint density at radius 3 is 2.50 bits per heavy atom. The zero-order valence-electron chi connectivity index (χ0n) is 3.59. The van der Waals surface area contributed by atoms with Crippen LogP contribution in [0.4, 0.5) is 0 Å². The Hall–Kier alpha value is -0.395. The molecule has 0 aliphatic rings. The molecule has 32 valence electrons. The van der Waals surface area contributed by atoms with Crippen molar-refractivity contribution in [2.24, 2.45) is 0 Å². The molecule has 0 spiro atoms. The van der Waals surface area contributed by atoms with Crippen LogP contribution in [0.15, 0.2) is 12.3 Å². The Balaban J connectivity index is 2.66. The van der Waals surface area contributed by atoms with Gasteiger partial charge in [-0.15, -0.1) is 0 Å². The van der Waals surface area contributed by atoms with E-state index in [1.165, 1.54) is 0 Å². The zero-order valence-corrected chi connectivity index (χ0v) is 3.59. The predicted octanol–water partition coefficient (Wildman–Crippen LogP) is 1.03. The molecule has 0 aliphatic carbocycles. The summed E-state index contributed by atoms with van der Waals surface area (Å²) in [6.45, 7) is 0. The summed E-state index contributed by atoms with van der Waals surface area (Å²) in [7, 11) is 5.05. The lowest BCUT2D eigenvalue weighted by molar-refractivity contribution is 0.471. The van der Waals surface area contributed by atoms with Crippen molar-refractivity contribution in [3.8, 4) is 0 Å². The van der Waals surface area contributed by atoms with Crippen molar-refractivity contribution >= 4 is 7.85 Å². The number of hydrogen-bond donors (Lipinski definition) is 1. The number of aliphatic hydroxyl groups is 1. The number of rotatable bonds is 2. The highest BCUT2D eigenvalue weighted by Crippen LogP contribution is 1.82. The normalized spacial score (nSPS) is 10.0. The maximum Gasteiger partial charge on any atom is 0.0751 e. The van der Waals surface area contributed by atoms with Gasteiger partial charge in [-0.1, -0.05) is 12.4 Å². The van der Waals surface area contributed by atoms with E-state index in [0.717, 1.165) is 12.7 Å². The van der Waals surface area contributed by atoms with Crippen molar-refractivity contribution in [3.05, 3.63) is 12.3 Å². The first kappa shape index (κ1) is 5.60. The molecule has 0 aromatic heterocycles. The molecule has 0 bridgehead atoms. The lowest BCUT2D eigenvalue weighted by Gasteiger charge is -1.75. The predicted molar refractivity (Wildman–Crippen MR) is 26.9 cm³/mol. The highest BCUT2D eigenvalue weighted by molar-refractivity contribution is 6.08.